The zero-order valence-corrected chi connectivity index (χ0v) is 15.4. The number of anilines is 1. The molecule has 0 aliphatic rings. The lowest BCUT2D eigenvalue weighted by Crippen LogP contribution is -2.23. The third-order valence-corrected chi connectivity index (χ3v) is 3.79. The van der Waals surface area contributed by atoms with Gasteiger partial charge >= 0.3 is 5.97 Å². The molecule has 0 saturated heterocycles. The molecule has 3 aromatic carbocycles. The van der Waals surface area contributed by atoms with E-state index >= 15 is 0 Å². The molecule has 0 aliphatic heterocycles. The molecule has 0 heterocycles. The molecule has 0 aliphatic carbocycles. The normalized spacial score (nSPS) is 10.5. The number of thiocarbonyl (C=S) groups is 1. The van der Waals surface area contributed by atoms with Crippen LogP contribution in [0.1, 0.15) is 15.9 Å². The summed E-state index contributed by atoms with van der Waals surface area (Å²) in [5.74, 6) is -1.07. The fourth-order valence-corrected chi connectivity index (χ4v) is 2.43. The number of hydrogen-bond donors (Lipinski definition) is 2. The summed E-state index contributed by atoms with van der Waals surface area (Å²) < 4.78 is 18.8. The van der Waals surface area contributed by atoms with Crippen LogP contribution in [0.25, 0.3) is 0 Å². The second kappa shape index (κ2) is 9.38. The first-order valence-electron chi connectivity index (χ1n) is 8.34. The minimum Gasteiger partial charge on any atom is -0.423 e. The maximum Gasteiger partial charge on any atom is 0.346 e. The van der Waals surface area contributed by atoms with Gasteiger partial charge in [0.25, 0.3) is 0 Å². The largest absolute Gasteiger partial charge is 0.423 e. The maximum absolute atomic E-state index is 13.6. The summed E-state index contributed by atoms with van der Waals surface area (Å²) in [6, 6.07) is 21.8. The summed E-state index contributed by atoms with van der Waals surface area (Å²) >= 11 is 5.15. The average Bonchev–Trinajstić information content (AvgIpc) is 2.70. The van der Waals surface area contributed by atoms with Gasteiger partial charge in [0.15, 0.2) is 5.11 Å². The molecular weight excluding hydrogens is 377 g/mol. The van der Waals surface area contributed by atoms with E-state index in [0.717, 1.165) is 11.3 Å². The summed E-state index contributed by atoms with van der Waals surface area (Å²) in [6.45, 7) is 0. The predicted molar refractivity (Wildman–Crippen MR) is 111 cm³/mol. The third-order valence-electron chi connectivity index (χ3n) is 3.60. The van der Waals surface area contributed by atoms with Crippen molar-refractivity contribution in [3.8, 4) is 5.75 Å². The van der Waals surface area contributed by atoms with E-state index in [0.29, 0.717) is 10.9 Å². The number of para-hydroxylation sites is 1. The minimum absolute atomic E-state index is 0.114. The maximum atomic E-state index is 13.6. The van der Waals surface area contributed by atoms with E-state index in [2.05, 4.69) is 15.8 Å². The van der Waals surface area contributed by atoms with Gasteiger partial charge in [-0.2, -0.15) is 5.10 Å². The number of benzene rings is 3. The average molecular weight is 393 g/mol. The van der Waals surface area contributed by atoms with Crippen molar-refractivity contribution in [2.75, 3.05) is 5.32 Å². The van der Waals surface area contributed by atoms with Crippen molar-refractivity contribution in [1.82, 2.24) is 5.43 Å². The van der Waals surface area contributed by atoms with Crippen LogP contribution >= 0.6 is 12.2 Å². The van der Waals surface area contributed by atoms with E-state index in [1.807, 2.05) is 30.3 Å². The number of hydrogen-bond acceptors (Lipinski definition) is 4. The zero-order valence-electron chi connectivity index (χ0n) is 14.6. The molecule has 0 spiro atoms. The highest BCUT2D eigenvalue weighted by atomic mass is 32.1. The molecule has 2 N–H and O–H groups in total. The lowest BCUT2D eigenvalue weighted by atomic mass is 10.2. The van der Waals surface area contributed by atoms with Crippen LogP contribution in [0, 0.1) is 5.82 Å². The second-order valence-electron chi connectivity index (χ2n) is 5.63. The molecule has 3 rings (SSSR count). The molecule has 0 unspecified atom stereocenters. The Hall–Kier alpha value is -3.58. The molecule has 0 bridgehead atoms. The van der Waals surface area contributed by atoms with Gasteiger partial charge in [-0.25, -0.2) is 9.18 Å². The van der Waals surface area contributed by atoms with Gasteiger partial charge in [-0.3, -0.25) is 5.43 Å². The third kappa shape index (κ3) is 5.46. The van der Waals surface area contributed by atoms with Crippen molar-refractivity contribution in [2.45, 2.75) is 0 Å². The fourth-order valence-electron chi connectivity index (χ4n) is 2.26. The first-order chi connectivity index (χ1) is 13.6. The quantitative estimate of drug-likeness (QED) is 0.222. The number of esters is 1. The highest BCUT2D eigenvalue weighted by molar-refractivity contribution is 7.80. The standard InChI is InChI=1S/C21H16FN3O2S/c22-19-9-5-4-8-18(19)20(26)27-17-12-10-15(11-13-17)14-23-25-21(28)24-16-6-2-1-3-7-16/h1-14H,(H2,24,25,28)/b23-14+. The zero-order chi connectivity index (χ0) is 19.8. The van der Waals surface area contributed by atoms with E-state index in [1.54, 1.807) is 36.5 Å². The van der Waals surface area contributed by atoms with Gasteiger partial charge in [-0.1, -0.05) is 30.3 Å². The number of carbonyl (C=O) groups is 1. The molecule has 140 valence electrons. The van der Waals surface area contributed by atoms with Gasteiger partial charge in [-0.05, 0) is 66.3 Å². The summed E-state index contributed by atoms with van der Waals surface area (Å²) in [5.41, 5.74) is 4.22. The van der Waals surface area contributed by atoms with Gasteiger partial charge in [0.1, 0.15) is 11.6 Å². The molecule has 7 heteroatoms. The van der Waals surface area contributed by atoms with Crippen molar-refractivity contribution < 1.29 is 13.9 Å². The van der Waals surface area contributed by atoms with Crippen molar-refractivity contribution >= 4 is 35.2 Å². The number of carbonyl (C=O) groups excluding carboxylic acids is 1. The van der Waals surface area contributed by atoms with Gasteiger partial charge < -0.3 is 10.1 Å². The number of nitrogens with one attached hydrogen (secondary N) is 2. The van der Waals surface area contributed by atoms with Crippen molar-refractivity contribution in [1.29, 1.82) is 0 Å². The van der Waals surface area contributed by atoms with E-state index < -0.39 is 11.8 Å². The lowest BCUT2D eigenvalue weighted by Gasteiger charge is -2.06. The topological polar surface area (TPSA) is 62.7 Å². The highest BCUT2D eigenvalue weighted by Crippen LogP contribution is 2.15. The lowest BCUT2D eigenvalue weighted by molar-refractivity contribution is 0.0730. The van der Waals surface area contributed by atoms with E-state index in [4.69, 9.17) is 17.0 Å². The number of rotatable bonds is 5. The van der Waals surface area contributed by atoms with Crippen molar-refractivity contribution in [3.05, 3.63) is 95.8 Å². The van der Waals surface area contributed by atoms with Crippen molar-refractivity contribution in [3.63, 3.8) is 0 Å². The van der Waals surface area contributed by atoms with E-state index in [1.165, 1.54) is 18.2 Å². The minimum atomic E-state index is -0.751. The van der Waals surface area contributed by atoms with Crippen LogP contribution in [0.15, 0.2) is 84.0 Å². The number of hydrazone groups is 1. The highest BCUT2D eigenvalue weighted by Gasteiger charge is 2.13. The number of nitrogens with zero attached hydrogens (tertiary/aromatic N) is 1. The molecular formula is C21H16FN3O2S. The molecule has 0 amide bonds. The first-order valence-corrected chi connectivity index (χ1v) is 8.74. The molecule has 3 aromatic rings. The Labute approximate surface area is 166 Å². The van der Waals surface area contributed by atoms with Gasteiger partial charge in [0.05, 0.1) is 11.8 Å². The Bertz CT molecular complexity index is 992. The summed E-state index contributed by atoms with van der Waals surface area (Å²) in [5, 5.41) is 7.41. The Morgan fingerprint density at radius 3 is 2.36 bits per heavy atom. The molecule has 0 atom stereocenters. The summed E-state index contributed by atoms with van der Waals surface area (Å²) in [4.78, 5) is 12.0. The van der Waals surface area contributed by atoms with Crippen LogP contribution in [0.5, 0.6) is 5.75 Å². The van der Waals surface area contributed by atoms with Gasteiger partial charge in [0, 0.05) is 5.69 Å². The Morgan fingerprint density at radius 1 is 0.964 bits per heavy atom. The SMILES string of the molecule is O=C(Oc1ccc(/C=N/NC(=S)Nc2ccccc2)cc1)c1ccccc1F. The fraction of sp³-hybridized carbons (Fsp3) is 0. The number of halogens is 1. The van der Waals surface area contributed by atoms with Crippen molar-refractivity contribution in [2.24, 2.45) is 5.10 Å². The van der Waals surface area contributed by atoms with Gasteiger partial charge in [-0.15, -0.1) is 0 Å². The van der Waals surface area contributed by atoms with Crippen LogP contribution in [0.4, 0.5) is 10.1 Å². The summed E-state index contributed by atoms with van der Waals surface area (Å²) in [6.07, 6.45) is 1.57. The van der Waals surface area contributed by atoms with Crippen LogP contribution < -0.4 is 15.5 Å². The van der Waals surface area contributed by atoms with Gasteiger partial charge in [0.2, 0.25) is 0 Å². The van der Waals surface area contributed by atoms with Crippen LogP contribution in [-0.2, 0) is 0 Å². The van der Waals surface area contributed by atoms with Crippen LogP contribution in [0.2, 0.25) is 0 Å². The van der Waals surface area contributed by atoms with Crippen LogP contribution in [0.3, 0.4) is 0 Å². The molecule has 5 nitrogen and oxygen atoms in total. The first kappa shape index (κ1) is 19.2. The monoisotopic (exact) mass is 393 g/mol. The predicted octanol–water partition coefficient (Wildman–Crippen LogP) is 4.37. The summed E-state index contributed by atoms with van der Waals surface area (Å²) in [7, 11) is 0. The second-order valence-corrected chi connectivity index (χ2v) is 6.04. The molecule has 0 aromatic heterocycles. The smallest absolute Gasteiger partial charge is 0.346 e. The number of ether oxygens (including phenoxy) is 1. The molecule has 0 fully saturated rings. The Morgan fingerprint density at radius 2 is 1.64 bits per heavy atom. The Balaban J connectivity index is 1.52. The molecule has 28 heavy (non-hydrogen) atoms. The molecule has 0 radical (unpaired) electrons. The van der Waals surface area contributed by atoms with E-state index in [9.17, 15) is 9.18 Å². The van der Waals surface area contributed by atoms with Crippen LogP contribution in [-0.4, -0.2) is 17.3 Å². The Kier molecular flexibility index (Phi) is 6.43. The van der Waals surface area contributed by atoms with E-state index in [-0.39, 0.29) is 5.56 Å². The molecule has 0 saturated carbocycles.